The van der Waals surface area contributed by atoms with Gasteiger partial charge < -0.3 is 9.64 Å². The van der Waals surface area contributed by atoms with Gasteiger partial charge in [0, 0.05) is 13.1 Å². The molecular formula is C23H25ClN4O4S. The Morgan fingerprint density at radius 2 is 1.73 bits per heavy atom. The number of anilines is 1. The lowest BCUT2D eigenvalue weighted by molar-refractivity contribution is -0.119. The van der Waals surface area contributed by atoms with E-state index in [1.54, 1.807) is 29.2 Å². The molecule has 33 heavy (non-hydrogen) atoms. The van der Waals surface area contributed by atoms with Crippen LogP contribution in [0.2, 0.25) is 0 Å². The van der Waals surface area contributed by atoms with E-state index in [9.17, 15) is 14.4 Å². The van der Waals surface area contributed by atoms with E-state index in [4.69, 9.17) is 4.74 Å². The normalized spacial score (nSPS) is 12.8. The maximum atomic E-state index is 13.3. The number of amides is 3. The third-order valence-corrected chi connectivity index (χ3v) is 6.18. The zero-order chi connectivity index (χ0) is 22.8. The Hall–Kier alpha value is -3.01. The molecule has 0 radical (unpaired) electrons. The van der Waals surface area contributed by atoms with Gasteiger partial charge >= 0.3 is 0 Å². The quantitative estimate of drug-likeness (QED) is 0.452. The number of imide groups is 1. The molecule has 174 valence electrons. The molecule has 2 heterocycles. The van der Waals surface area contributed by atoms with Crippen molar-refractivity contribution in [1.29, 1.82) is 0 Å². The molecule has 4 rings (SSSR count). The Balaban J connectivity index is 0.00000306. The summed E-state index contributed by atoms with van der Waals surface area (Å²) in [5.74, 6) is -0.507. The number of halogens is 1. The number of hydrogen-bond donors (Lipinski definition) is 0. The van der Waals surface area contributed by atoms with Crippen LogP contribution in [0.4, 0.5) is 5.13 Å². The second-order valence-corrected chi connectivity index (χ2v) is 8.66. The molecule has 0 spiro atoms. The average molecular weight is 489 g/mol. The Kier molecular flexibility index (Phi) is 7.68. The van der Waals surface area contributed by atoms with Crippen LogP contribution in [-0.2, 0) is 4.79 Å². The van der Waals surface area contributed by atoms with E-state index >= 15 is 0 Å². The zero-order valence-electron chi connectivity index (χ0n) is 18.6. The van der Waals surface area contributed by atoms with Gasteiger partial charge in [0.1, 0.15) is 12.3 Å². The van der Waals surface area contributed by atoms with Gasteiger partial charge in [0.15, 0.2) is 5.13 Å². The van der Waals surface area contributed by atoms with Crippen LogP contribution < -0.4 is 9.64 Å². The molecule has 1 aliphatic rings. The van der Waals surface area contributed by atoms with E-state index in [1.165, 1.54) is 11.3 Å². The third kappa shape index (κ3) is 5.00. The number of rotatable bonds is 8. The summed E-state index contributed by atoms with van der Waals surface area (Å²) in [7, 11) is 3.83. The molecule has 0 fully saturated rings. The summed E-state index contributed by atoms with van der Waals surface area (Å²) < 4.78 is 6.46. The molecular weight excluding hydrogens is 464 g/mol. The number of hydrogen-bond acceptors (Lipinski definition) is 7. The first-order chi connectivity index (χ1) is 15.4. The predicted molar refractivity (Wildman–Crippen MR) is 131 cm³/mol. The standard InChI is InChI=1S/C23H24N4O4S.ClH/c1-4-31-15-9-10-18-19(13-15)32-23(24-18)26(12-11-25(2)3)20(28)14-27-21(29)16-7-5-6-8-17(16)22(27)30;/h5-10,13H,4,11-12,14H2,1-3H3;1H. The molecule has 10 heteroatoms. The van der Waals surface area contributed by atoms with E-state index < -0.39 is 11.8 Å². The minimum atomic E-state index is -0.447. The van der Waals surface area contributed by atoms with Gasteiger partial charge in [-0.3, -0.25) is 24.2 Å². The second kappa shape index (κ2) is 10.3. The van der Waals surface area contributed by atoms with Crippen LogP contribution in [0.3, 0.4) is 0 Å². The molecule has 0 unspecified atom stereocenters. The highest BCUT2D eigenvalue weighted by Gasteiger charge is 2.37. The molecule has 1 aromatic heterocycles. The van der Waals surface area contributed by atoms with Crippen LogP contribution in [0.15, 0.2) is 42.5 Å². The number of fused-ring (bicyclic) bond motifs is 2. The van der Waals surface area contributed by atoms with Crippen LogP contribution in [0.1, 0.15) is 27.6 Å². The van der Waals surface area contributed by atoms with E-state index in [2.05, 4.69) is 4.98 Å². The summed E-state index contributed by atoms with van der Waals surface area (Å²) in [4.78, 5) is 47.9. The van der Waals surface area contributed by atoms with Gasteiger partial charge in [-0.05, 0) is 51.4 Å². The Bertz CT molecular complexity index is 1160. The van der Waals surface area contributed by atoms with Gasteiger partial charge in [0.25, 0.3) is 11.8 Å². The van der Waals surface area contributed by atoms with Crippen LogP contribution in [0.5, 0.6) is 5.75 Å². The zero-order valence-corrected chi connectivity index (χ0v) is 20.2. The Morgan fingerprint density at radius 3 is 2.33 bits per heavy atom. The van der Waals surface area contributed by atoms with Crippen LogP contribution >= 0.6 is 23.7 Å². The molecule has 0 saturated carbocycles. The lowest BCUT2D eigenvalue weighted by atomic mass is 10.1. The number of aromatic nitrogens is 1. The van der Waals surface area contributed by atoms with Crippen LogP contribution in [0.25, 0.3) is 10.2 Å². The summed E-state index contributed by atoms with van der Waals surface area (Å²) in [5, 5.41) is 0.525. The molecule has 1 aliphatic heterocycles. The highest BCUT2D eigenvalue weighted by atomic mass is 35.5. The number of carbonyl (C=O) groups excluding carboxylic acids is 3. The van der Waals surface area contributed by atoms with E-state index in [0.717, 1.165) is 20.9 Å². The number of likely N-dealkylation sites (N-methyl/N-ethyl adjacent to an activating group) is 1. The van der Waals surface area contributed by atoms with Gasteiger partial charge in [-0.1, -0.05) is 23.5 Å². The largest absolute Gasteiger partial charge is 0.494 e. The highest BCUT2D eigenvalue weighted by molar-refractivity contribution is 7.22. The average Bonchev–Trinajstić information content (AvgIpc) is 3.28. The van der Waals surface area contributed by atoms with Crippen molar-refractivity contribution in [3.63, 3.8) is 0 Å². The summed E-state index contributed by atoms with van der Waals surface area (Å²) >= 11 is 1.38. The summed E-state index contributed by atoms with van der Waals surface area (Å²) in [5.41, 5.74) is 1.42. The lowest BCUT2D eigenvalue weighted by Gasteiger charge is -2.24. The third-order valence-electron chi connectivity index (χ3n) is 5.13. The van der Waals surface area contributed by atoms with Gasteiger partial charge in [-0.15, -0.1) is 12.4 Å². The fraction of sp³-hybridized carbons (Fsp3) is 0.304. The molecule has 3 amide bonds. The fourth-order valence-electron chi connectivity index (χ4n) is 3.50. The minimum Gasteiger partial charge on any atom is -0.494 e. The summed E-state index contributed by atoms with van der Waals surface area (Å²) in [6, 6.07) is 12.2. The van der Waals surface area contributed by atoms with Crippen molar-refractivity contribution >= 4 is 56.8 Å². The highest BCUT2D eigenvalue weighted by Crippen LogP contribution is 2.32. The lowest BCUT2D eigenvalue weighted by Crippen LogP contribution is -2.45. The Morgan fingerprint density at radius 1 is 1.06 bits per heavy atom. The topological polar surface area (TPSA) is 83.1 Å². The van der Waals surface area contributed by atoms with E-state index in [0.29, 0.717) is 36.0 Å². The van der Waals surface area contributed by atoms with Crippen molar-refractivity contribution < 1.29 is 19.1 Å². The second-order valence-electron chi connectivity index (χ2n) is 7.65. The van der Waals surface area contributed by atoms with Crippen LogP contribution in [-0.4, -0.2) is 72.8 Å². The van der Waals surface area contributed by atoms with Crippen molar-refractivity contribution in [1.82, 2.24) is 14.8 Å². The summed E-state index contributed by atoms with van der Waals surface area (Å²) in [6.45, 7) is 3.13. The van der Waals surface area contributed by atoms with E-state index in [1.807, 2.05) is 44.1 Å². The number of nitrogens with zero attached hydrogens (tertiary/aromatic N) is 4. The number of ether oxygens (including phenoxy) is 1. The van der Waals surface area contributed by atoms with Crippen molar-refractivity contribution in [3.8, 4) is 5.75 Å². The first-order valence-electron chi connectivity index (χ1n) is 10.3. The van der Waals surface area contributed by atoms with Crippen molar-refractivity contribution in [2.75, 3.05) is 45.2 Å². The molecule has 0 N–H and O–H groups in total. The number of carbonyl (C=O) groups is 3. The molecule has 0 atom stereocenters. The maximum Gasteiger partial charge on any atom is 0.262 e. The van der Waals surface area contributed by atoms with Gasteiger partial charge in [0.05, 0.1) is 28.0 Å². The monoisotopic (exact) mass is 488 g/mol. The first kappa shape index (κ1) is 24.6. The predicted octanol–water partition coefficient (Wildman–Crippen LogP) is 3.31. The van der Waals surface area contributed by atoms with Crippen molar-refractivity contribution in [3.05, 3.63) is 53.6 Å². The molecule has 2 aromatic carbocycles. The molecule has 0 bridgehead atoms. The minimum absolute atomic E-state index is 0. The summed E-state index contributed by atoms with van der Waals surface area (Å²) in [6.07, 6.45) is 0. The molecule has 3 aromatic rings. The maximum absolute atomic E-state index is 13.3. The van der Waals surface area contributed by atoms with Gasteiger partial charge in [-0.2, -0.15) is 0 Å². The number of benzene rings is 2. The Labute approximate surface area is 202 Å². The fourth-order valence-corrected chi connectivity index (χ4v) is 4.53. The molecule has 8 nitrogen and oxygen atoms in total. The van der Waals surface area contributed by atoms with E-state index in [-0.39, 0.29) is 24.9 Å². The SMILES string of the molecule is CCOc1ccc2nc(N(CCN(C)C)C(=O)CN3C(=O)c4ccccc4C3=O)sc2c1.Cl. The van der Waals surface area contributed by atoms with Gasteiger partial charge in [-0.25, -0.2) is 4.98 Å². The molecule has 0 aliphatic carbocycles. The molecule has 0 saturated heterocycles. The van der Waals surface area contributed by atoms with Gasteiger partial charge in [0.2, 0.25) is 5.91 Å². The van der Waals surface area contributed by atoms with Crippen LogP contribution in [0, 0.1) is 0 Å². The number of thiazole rings is 1. The van der Waals surface area contributed by atoms with Crippen molar-refractivity contribution in [2.45, 2.75) is 6.92 Å². The van der Waals surface area contributed by atoms with Crippen molar-refractivity contribution in [2.24, 2.45) is 0 Å². The smallest absolute Gasteiger partial charge is 0.262 e. The first-order valence-corrected chi connectivity index (χ1v) is 11.1.